The van der Waals surface area contributed by atoms with E-state index in [1.54, 1.807) is 50.2 Å². The van der Waals surface area contributed by atoms with Crippen molar-refractivity contribution in [1.82, 2.24) is 9.66 Å². The second kappa shape index (κ2) is 9.29. The molecule has 31 heavy (non-hydrogen) atoms. The van der Waals surface area contributed by atoms with Crippen LogP contribution in [0.15, 0.2) is 57.2 Å². The van der Waals surface area contributed by atoms with Crippen molar-refractivity contribution in [2.75, 3.05) is 25.6 Å². The fourth-order valence-electron chi connectivity index (χ4n) is 2.89. The summed E-state index contributed by atoms with van der Waals surface area (Å²) in [6.45, 7) is 3.54. The normalized spacial score (nSPS) is 12.1. The van der Waals surface area contributed by atoms with Gasteiger partial charge >= 0.3 is 11.7 Å². The standard InChI is InChI=1S/C22H24N4O5/c1-5-30-21(28)14(2)31-19-12-16(25(3)4)11-10-15(19)13-23-26-20(27)17-8-6-7-9-18(17)24-22(26)29/h6-14H,5H2,1-4H3,(H,24,29)/t14-/m1/s1. The lowest BCUT2D eigenvalue weighted by Gasteiger charge is -2.18. The van der Waals surface area contributed by atoms with Gasteiger partial charge in [-0.25, -0.2) is 9.59 Å². The van der Waals surface area contributed by atoms with Gasteiger partial charge < -0.3 is 19.4 Å². The van der Waals surface area contributed by atoms with Crippen LogP contribution in [0.1, 0.15) is 19.4 Å². The first-order chi connectivity index (χ1) is 14.8. The highest BCUT2D eigenvalue weighted by atomic mass is 16.6. The van der Waals surface area contributed by atoms with Crippen LogP contribution in [0.3, 0.4) is 0 Å². The van der Waals surface area contributed by atoms with E-state index in [2.05, 4.69) is 10.1 Å². The number of nitrogens with zero attached hydrogens (tertiary/aromatic N) is 3. The molecule has 0 unspecified atom stereocenters. The fourth-order valence-corrected chi connectivity index (χ4v) is 2.89. The number of nitrogens with one attached hydrogen (secondary N) is 1. The smallest absolute Gasteiger partial charge is 0.349 e. The molecule has 162 valence electrons. The van der Waals surface area contributed by atoms with E-state index in [-0.39, 0.29) is 6.61 Å². The van der Waals surface area contributed by atoms with Crippen molar-refractivity contribution in [2.45, 2.75) is 20.0 Å². The Labute approximate surface area is 178 Å². The van der Waals surface area contributed by atoms with E-state index in [4.69, 9.17) is 9.47 Å². The third kappa shape index (κ3) is 4.82. The molecular formula is C22H24N4O5. The van der Waals surface area contributed by atoms with Gasteiger partial charge in [-0.15, -0.1) is 4.68 Å². The zero-order valence-electron chi connectivity index (χ0n) is 17.8. The van der Waals surface area contributed by atoms with Crippen LogP contribution < -0.4 is 20.9 Å². The molecule has 3 aromatic rings. The molecule has 0 radical (unpaired) electrons. The molecule has 2 aromatic carbocycles. The summed E-state index contributed by atoms with van der Waals surface area (Å²) in [5.74, 6) is -0.136. The average molecular weight is 424 g/mol. The van der Waals surface area contributed by atoms with E-state index in [0.717, 1.165) is 10.4 Å². The van der Waals surface area contributed by atoms with Gasteiger partial charge in [-0.05, 0) is 38.1 Å². The van der Waals surface area contributed by atoms with Crippen LogP contribution >= 0.6 is 0 Å². The van der Waals surface area contributed by atoms with Gasteiger partial charge in [-0.2, -0.15) is 5.10 Å². The van der Waals surface area contributed by atoms with Gasteiger partial charge in [0.15, 0.2) is 6.10 Å². The quantitative estimate of drug-likeness (QED) is 0.459. The van der Waals surface area contributed by atoms with Gasteiger partial charge in [0.2, 0.25) is 0 Å². The third-order valence-corrected chi connectivity index (χ3v) is 4.53. The number of benzene rings is 2. The number of aromatic amines is 1. The molecule has 1 N–H and O–H groups in total. The van der Waals surface area contributed by atoms with Gasteiger partial charge in [0, 0.05) is 31.4 Å². The Morgan fingerprint density at radius 2 is 1.97 bits per heavy atom. The summed E-state index contributed by atoms with van der Waals surface area (Å²) in [7, 11) is 3.74. The molecule has 3 rings (SSSR count). The molecule has 9 nitrogen and oxygen atoms in total. The second-order valence-electron chi connectivity index (χ2n) is 6.97. The summed E-state index contributed by atoms with van der Waals surface area (Å²) in [6.07, 6.45) is 0.495. The van der Waals surface area contributed by atoms with E-state index in [0.29, 0.717) is 22.2 Å². The number of esters is 1. The maximum absolute atomic E-state index is 12.7. The predicted octanol–water partition coefficient (Wildman–Crippen LogP) is 1.97. The molecule has 1 atom stereocenters. The summed E-state index contributed by atoms with van der Waals surface area (Å²) in [5.41, 5.74) is 0.562. The predicted molar refractivity (Wildman–Crippen MR) is 119 cm³/mol. The number of carbonyl (C=O) groups excluding carboxylic acids is 1. The number of carbonyl (C=O) groups is 1. The lowest BCUT2D eigenvalue weighted by Crippen LogP contribution is -2.32. The lowest BCUT2D eigenvalue weighted by molar-refractivity contribution is -0.150. The first-order valence-electron chi connectivity index (χ1n) is 9.75. The van der Waals surface area contributed by atoms with Crippen molar-refractivity contribution in [1.29, 1.82) is 0 Å². The molecule has 0 bridgehead atoms. The van der Waals surface area contributed by atoms with E-state index in [9.17, 15) is 14.4 Å². The van der Waals surface area contributed by atoms with Gasteiger partial charge in [0.25, 0.3) is 5.56 Å². The van der Waals surface area contributed by atoms with Crippen LogP contribution in [0, 0.1) is 0 Å². The minimum Gasteiger partial charge on any atom is -0.478 e. The van der Waals surface area contributed by atoms with Crippen molar-refractivity contribution >= 4 is 28.8 Å². The minimum atomic E-state index is -0.851. The lowest BCUT2D eigenvalue weighted by atomic mass is 10.2. The van der Waals surface area contributed by atoms with Crippen LogP contribution in [0.2, 0.25) is 0 Å². The summed E-state index contributed by atoms with van der Waals surface area (Å²) in [5, 5.41) is 4.42. The topological polar surface area (TPSA) is 106 Å². The number of aromatic nitrogens is 2. The van der Waals surface area contributed by atoms with E-state index in [1.807, 2.05) is 25.1 Å². The number of ether oxygens (including phenoxy) is 2. The first kappa shape index (κ1) is 21.8. The van der Waals surface area contributed by atoms with E-state index in [1.165, 1.54) is 6.21 Å². The largest absolute Gasteiger partial charge is 0.478 e. The molecule has 0 aliphatic rings. The van der Waals surface area contributed by atoms with Crippen molar-refractivity contribution in [3.63, 3.8) is 0 Å². The molecule has 1 heterocycles. The number of fused-ring (bicyclic) bond motifs is 1. The summed E-state index contributed by atoms with van der Waals surface area (Å²) < 4.78 is 11.6. The zero-order valence-corrected chi connectivity index (χ0v) is 17.8. The second-order valence-corrected chi connectivity index (χ2v) is 6.97. The number of hydrogen-bond acceptors (Lipinski definition) is 7. The van der Waals surface area contributed by atoms with Gasteiger partial charge in [0.1, 0.15) is 5.75 Å². The zero-order chi connectivity index (χ0) is 22.5. The molecule has 0 spiro atoms. The van der Waals surface area contributed by atoms with Crippen molar-refractivity contribution in [3.05, 3.63) is 68.9 Å². The van der Waals surface area contributed by atoms with Crippen LogP contribution in [-0.2, 0) is 9.53 Å². The molecule has 9 heteroatoms. The molecule has 0 amide bonds. The fraction of sp³-hybridized carbons (Fsp3) is 0.273. The van der Waals surface area contributed by atoms with Crippen LogP contribution in [0.4, 0.5) is 5.69 Å². The number of rotatable bonds is 7. The highest BCUT2D eigenvalue weighted by Gasteiger charge is 2.18. The number of anilines is 1. The van der Waals surface area contributed by atoms with Crippen molar-refractivity contribution < 1.29 is 14.3 Å². The van der Waals surface area contributed by atoms with Gasteiger partial charge in [0.05, 0.1) is 23.7 Å². The van der Waals surface area contributed by atoms with E-state index < -0.39 is 23.3 Å². The van der Waals surface area contributed by atoms with Crippen molar-refractivity contribution in [2.24, 2.45) is 5.10 Å². The molecule has 0 saturated heterocycles. The highest BCUT2D eigenvalue weighted by molar-refractivity contribution is 5.85. The third-order valence-electron chi connectivity index (χ3n) is 4.53. The van der Waals surface area contributed by atoms with Crippen LogP contribution in [-0.4, -0.2) is 48.7 Å². The van der Waals surface area contributed by atoms with Gasteiger partial charge in [-0.1, -0.05) is 12.1 Å². The Hall–Kier alpha value is -3.88. The monoisotopic (exact) mass is 424 g/mol. The van der Waals surface area contributed by atoms with Crippen molar-refractivity contribution in [3.8, 4) is 5.75 Å². The molecule has 0 fully saturated rings. The Kier molecular flexibility index (Phi) is 6.54. The van der Waals surface area contributed by atoms with E-state index >= 15 is 0 Å². The average Bonchev–Trinajstić information content (AvgIpc) is 2.74. The minimum absolute atomic E-state index is 0.242. The summed E-state index contributed by atoms with van der Waals surface area (Å²) in [4.78, 5) is 41.5. The number of hydrogen-bond donors (Lipinski definition) is 1. The molecule has 1 aromatic heterocycles. The molecule has 0 aliphatic heterocycles. The number of para-hydroxylation sites is 1. The highest BCUT2D eigenvalue weighted by Crippen LogP contribution is 2.25. The molecular weight excluding hydrogens is 400 g/mol. The Morgan fingerprint density at radius 1 is 1.23 bits per heavy atom. The summed E-state index contributed by atoms with van der Waals surface area (Å²) >= 11 is 0. The molecule has 0 saturated carbocycles. The first-order valence-corrected chi connectivity index (χ1v) is 9.75. The Bertz CT molecular complexity index is 1240. The maximum atomic E-state index is 12.7. The van der Waals surface area contributed by atoms with Crippen LogP contribution in [0.5, 0.6) is 5.75 Å². The molecule has 0 aliphatic carbocycles. The Morgan fingerprint density at radius 3 is 2.68 bits per heavy atom. The maximum Gasteiger partial charge on any atom is 0.349 e. The Balaban J connectivity index is 2.02. The van der Waals surface area contributed by atoms with Crippen LogP contribution in [0.25, 0.3) is 10.9 Å². The SMILES string of the molecule is CCOC(=O)[C@@H](C)Oc1cc(N(C)C)ccc1C=Nn1c(=O)[nH]c2ccccc2c1=O. The summed E-state index contributed by atoms with van der Waals surface area (Å²) in [6, 6.07) is 12.0. The van der Waals surface area contributed by atoms with Gasteiger partial charge in [-0.3, -0.25) is 4.79 Å². The number of H-pyrrole nitrogens is 1.